The minimum absolute atomic E-state index is 0.0517. The zero-order chi connectivity index (χ0) is 11.3. The Bertz CT molecular complexity index is 384. The first-order valence-corrected chi connectivity index (χ1v) is 4.33. The van der Waals surface area contributed by atoms with Gasteiger partial charge in [-0.1, -0.05) is 24.3 Å². The van der Waals surface area contributed by atoms with Crippen LogP contribution in [0.1, 0.15) is 17.6 Å². The van der Waals surface area contributed by atoms with Crippen LogP contribution in [0.2, 0.25) is 0 Å². The van der Waals surface area contributed by atoms with Crippen LogP contribution in [0.4, 0.5) is 8.78 Å². The van der Waals surface area contributed by atoms with Crippen molar-refractivity contribution in [1.29, 1.82) is 10.5 Å². The molecule has 15 heavy (non-hydrogen) atoms. The van der Waals surface area contributed by atoms with Crippen molar-refractivity contribution >= 4 is 0 Å². The third kappa shape index (κ3) is 3.03. The summed E-state index contributed by atoms with van der Waals surface area (Å²) in [4.78, 5) is 0. The second kappa shape index (κ2) is 5.07. The lowest BCUT2D eigenvalue weighted by molar-refractivity contribution is 0.151. The highest BCUT2D eigenvalue weighted by atomic mass is 19.3. The van der Waals surface area contributed by atoms with Crippen molar-refractivity contribution < 1.29 is 8.78 Å². The summed E-state index contributed by atoms with van der Waals surface area (Å²) in [5, 5.41) is 17.1. The van der Waals surface area contributed by atoms with Gasteiger partial charge in [-0.2, -0.15) is 10.5 Å². The molecule has 1 rings (SSSR count). The molecule has 1 aromatic carbocycles. The normalized spacial score (nSPS) is 10.0. The van der Waals surface area contributed by atoms with Crippen LogP contribution in [-0.2, 0) is 6.42 Å². The second-order valence-electron chi connectivity index (χ2n) is 3.06. The van der Waals surface area contributed by atoms with Crippen molar-refractivity contribution in [2.45, 2.75) is 12.8 Å². The van der Waals surface area contributed by atoms with Crippen molar-refractivity contribution in [1.82, 2.24) is 0 Å². The molecule has 0 amide bonds. The number of nitriles is 2. The van der Waals surface area contributed by atoms with Crippen LogP contribution in [0, 0.1) is 28.6 Å². The third-order valence-corrected chi connectivity index (χ3v) is 1.98. The highest BCUT2D eigenvalue weighted by Crippen LogP contribution is 2.19. The van der Waals surface area contributed by atoms with E-state index in [9.17, 15) is 8.78 Å². The van der Waals surface area contributed by atoms with Gasteiger partial charge in [0.25, 0.3) is 6.43 Å². The molecule has 76 valence electrons. The van der Waals surface area contributed by atoms with E-state index < -0.39 is 12.3 Å². The van der Waals surface area contributed by atoms with E-state index in [0.29, 0.717) is 5.56 Å². The van der Waals surface area contributed by atoms with E-state index in [1.54, 1.807) is 0 Å². The molecule has 4 heteroatoms. The Labute approximate surface area is 86.4 Å². The van der Waals surface area contributed by atoms with E-state index in [2.05, 4.69) is 0 Å². The summed E-state index contributed by atoms with van der Waals surface area (Å²) < 4.78 is 24.4. The smallest absolute Gasteiger partial charge is 0.205 e. The summed E-state index contributed by atoms with van der Waals surface area (Å²) in [6, 6.07) is 9.31. The molecule has 0 aliphatic carbocycles. The van der Waals surface area contributed by atoms with Gasteiger partial charge < -0.3 is 0 Å². The van der Waals surface area contributed by atoms with Gasteiger partial charge in [-0.3, -0.25) is 0 Å². The fraction of sp³-hybridized carbons (Fsp3) is 0.273. The van der Waals surface area contributed by atoms with Gasteiger partial charge in [0.15, 0.2) is 0 Å². The molecule has 1 aromatic rings. The average molecular weight is 206 g/mol. The zero-order valence-corrected chi connectivity index (χ0v) is 7.82. The number of halogens is 2. The predicted molar refractivity (Wildman–Crippen MR) is 49.8 cm³/mol. The van der Waals surface area contributed by atoms with Gasteiger partial charge in [0.05, 0.1) is 12.1 Å². The van der Waals surface area contributed by atoms with Gasteiger partial charge >= 0.3 is 0 Å². The van der Waals surface area contributed by atoms with Crippen molar-refractivity contribution in [3.63, 3.8) is 0 Å². The molecule has 0 unspecified atom stereocenters. The van der Waals surface area contributed by atoms with Gasteiger partial charge in [-0.05, 0) is 5.56 Å². The molecule has 0 spiro atoms. The predicted octanol–water partition coefficient (Wildman–Crippen LogP) is 2.83. The maximum Gasteiger partial charge on any atom is 0.263 e. The number of benzene rings is 1. The molecule has 0 atom stereocenters. The van der Waals surface area contributed by atoms with Crippen LogP contribution < -0.4 is 0 Å². The number of hydrogen-bond donors (Lipinski definition) is 0. The summed E-state index contributed by atoms with van der Waals surface area (Å²) >= 11 is 0. The minimum Gasteiger partial charge on any atom is -0.205 e. The lowest BCUT2D eigenvalue weighted by Gasteiger charge is -2.03. The minimum atomic E-state index is -2.48. The fourth-order valence-electron chi connectivity index (χ4n) is 1.16. The molecule has 0 saturated heterocycles. The fourth-order valence-corrected chi connectivity index (χ4v) is 1.16. The molecule has 0 saturated carbocycles. The van der Waals surface area contributed by atoms with E-state index in [-0.39, 0.29) is 12.0 Å². The highest BCUT2D eigenvalue weighted by Gasteiger charge is 2.09. The van der Waals surface area contributed by atoms with Gasteiger partial charge in [0, 0.05) is 12.0 Å². The lowest BCUT2D eigenvalue weighted by Crippen LogP contribution is -1.98. The molecule has 0 N–H and O–H groups in total. The second-order valence-corrected chi connectivity index (χ2v) is 3.06. The van der Waals surface area contributed by atoms with E-state index in [1.165, 1.54) is 24.3 Å². The summed E-state index contributed by atoms with van der Waals surface area (Å²) in [6.45, 7) is 0. The van der Waals surface area contributed by atoms with Crippen LogP contribution in [0.15, 0.2) is 24.3 Å². The quantitative estimate of drug-likeness (QED) is 0.763. The largest absolute Gasteiger partial charge is 0.263 e. The topological polar surface area (TPSA) is 47.6 Å². The number of hydrogen-bond acceptors (Lipinski definition) is 2. The summed E-state index contributed by atoms with van der Waals surface area (Å²) in [7, 11) is 0. The maximum absolute atomic E-state index is 12.2. The van der Waals surface area contributed by atoms with E-state index in [0.717, 1.165) is 0 Å². The molecular weight excluding hydrogens is 198 g/mol. The number of rotatable bonds is 3. The van der Waals surface area contributed by atoms with Gasteiger partial charge in [0.2, 0.25) is 0 Å². The molecule has 0 fully saturated rings. The SMILES string of the molecule is N#CC(C#N)Cc1ccc(C(F)F)cc1. The number of nitrogens with zero attached hydrogens (tertiary/aromatic N) is 2. The van der Waals surface area contributed by atoms with Crippen molar-refractivity contribution in [3.8, 4) is 12.1 Å². The van der Waals surface area contributed by atoms with Crippen LogP contribution >= 0.6 is 0 Å². The third-order valence-electron chi connectivity index (χ3n) is 1.98. The summed E-state index contributed by atoms with van der Waals surface area (Å²) in [5.74, 6) is -0.720. The van der Waals surface area contributed by atoms with Crippen molar-refractivity contribution in [3.05, 3.63) is 35.4 Å². The molecule has 0 radical (unpaired) electrons. The molecule has 0 aliphatic rings. The first-order valence-electron chi connectivity index (χ1n) is 4.33. The van der Waals surface area contributed by atoms with Crippen molar-refractivity contribution in [2.24, 2.45) is 5.92 Å². The first kappa shape index (κ1) is 11.1. The Morgan fingerprint density at radius 2 is 1.60 bits per heavy atom. The Hall–Kier alpha value is -1.94. The summed E-state index contributed by atoms with van der Waals surface area (Å²) in [6.07, 6.45) is -2.21. The molecule has 2 nitrogen and oxygen atoms in total. The Morgan fingerprint density at radius 1 is 1.07 bits per heavy atom. The Morgan fingerprint density at radius 3 is 2.00 bits per heavy atom. The number of alkyl halides is 2. The van der Waals surface area contributed by atoms with E-state index in [4.69, 9.17) is 10.5 Å². The van der Waals surface area contributed by atoms with Gasteiger partial charge in [-0.25, -0.2) is 8.78 Å². The van der Waals surface area contributed by atoms with Crippen LogP contribution in [-0.4, -0.2) is 0 Å². The summed E-state index contributed by atoms with van der Waals surface area (Å²) in [5.41, 5.74) is 0.664. The average Bonchev–Trinajstić information content (AvgIpc) is 2.26. The monoisotopic (exact) mass is 206 g/mol. The van der Waals surface area contributed by atoms with E-state index >= 15 is 0 Å². The van der Waals surface area contributed by atoms with Gasteiger partial charge in [-0.15, -0.1) is 0 Å². The Balaban J connectivity index is 2.74. The molecule has 0 aliphatic heterocycles. The van der Waals surface area contributed by atoms with Crippen LogP contribution in [0.3, 0.4) is 0 Å². The van der Waals surface area contributed by atoms with Crippen LogP contribution in [0.25, 0.3) is 0 Å². The molecule has 0 bridgehead atoms. The molecule has 0 aromatic heterocycles. The van der Waals surface area contributed by atoms with Crippen molar-refractivity contribution in [2.75, 3.05) is 0 Å². The molecular formula is C11H8F2N2. The van der Waals surface area contributed by atoms with E-state index in [1.807, 2.05) is 12.1 Å². The molecule has 0 heterocycles. The van der Waals surface area contributed by atoms with Crippen LogP contribution in [0.5, 0.6) is 0 Å². The lowest BCUT2D eigenvalue weighted by atomic mass is 10.0. The maximum atomic E-state index is 12.2. The standard InChI is InChI=1S/C11H8F2N2/c12-11(13)10-3-1-8(2-4-10)5-9(6-14)7-15/h1-4,9,11H,5H2. The van der Waals surface area contributed by atoms with Gasteiger partial charge in [0.1, 0.15) is 5.92 Å². The first-order chi connectivity index (χ1) is 7.17. The Kier molecular flexibility index (Phi) is 3.76. The highest BCUT2D eigenvalue weighted by molar-refractivity contribution is 5.25. The zero-order valence-electron chi connectivity index (χ0n) is 7.82.